The molecule has 0 radical (unpaired) electrons. The number of hydrogen-bond acceptors (Lipinski definition) is 1. The molecule has 0 aliphatic heterocycles. The maximum atomic E-state index is 13.2. The molecule has 2 aliphatic carbocycles. The molecule has 1 aromatic carbocycles. The Morgan fingerprint density at radius 1 is 1.09 bits per heavy atom. The third-order valence-corrected chi connectivity index (χ3v) is 5.24. The Morgan fingerprint density at radius 2 is 1.78 bits per heavy atom. The maximum Gasteiger partial charge on any atom is 0.416 e. The van der Waals surface area contributed by atoms with E-state index < -0.39 is 29.1 Å². The zero-order valence-electron chi connectivity index (χ0n) is 11.9. The van der Waals surface area contributed by atoms with E-state index in [2.05, 4.69) is 0 Å². The van der Waals surface area contributed by atoms with Crippen LogP contribution in [0.25, 0.3) is 5.57 Å². The first-order chi connectivity index (χ1) is 10.6. The molecule has 0 N–H and O–H groups in total. The Morgan fingerprint density at radius 3 is 2.35 bits per heavy atom. The van der Waals surface area contributed by atoms with Gasteiger partial charge >= 0.3 is 12.4 Å². The molecule has 7 heteroatoms. The van der Waals surface area contributed by atoms with Crippen LogP contribution in [0.1, 0.15) is 16.7 Å². The van der Waals surface area contributed by atoms with Gasteiger partial charge in [0, 0.05) is 5.25 Å². The van der Waals surface area contributed by atoms with E-state index in [1.807, 2.05) is 0 Å². The number of allylic oxidation sites excluding steroid dienone is 3. The lowest BCUT2D eigenvalue weighted by atomic mass is 9.87. The number of rotatable bonds is 1. The molecule has 0 aromatic heterocycles. The molecule has 0 saturated heterocycles. The van der Waals surface area contributed by atoms with Crippen LogP contribution in [0, 0.1) is 5.92 Å². The monoisotopic (exact) mass is 350 g/mol. The molecule has 2 atom stereocenters. The summed E-state index contributed by atoms with van der Waals surface area (Å²) < 4.78 is 78.4. The highest BCUT2D eigenvalue weighted by Crippen LogP contribution is 2.50. The van der Waals surface area contributed by atoms with Crippen LogP contribution in [0.2, 0.25) is 0 Å². The van der Waals surface area contributed by atoms with Gasteiger partial charge in [-0.3, -0.25) is 0 Å². The second kappa shape index (κ2) is 5.33. The second-order valence-corrected chi connectivity index (χ2v) is 6.55. The van der Waals surface area contributed by atoms with Gasteiger partial charge in [-0.25, -0.2) is 0 Å². The van der Waals surface area contributed by atoms with Crippen molar-refractivity contribution in [2.75, 3.05) is 6.26 Å². The molecule has 0 amide bonds. The number of alkyl halides is 6. The minimum atomic E-state index is -4.51. The summed E-state index contributed by atoms with van der Waals surface area (Å²) in [6.45, 7) is 0. The summed E-state index contributed by atoms with van der Waals surface area (Å²) in [5.41, 5.74) is 1.19. The highest BCUT2D eigenvalue weighted by Gasteiger charge is 2.47. The van der Waals surface area contributed by atoms with E-state index in [-0.39, 0.29) is 0 Å². The molecule has 124 valence electrons. The molecular formula is C16H12F6S. The van der Waals surface area contributed by atoms with Gasteiger partial charge in [0.1, 0.15) is 0 Å². The molecular weight excluding hydrogens is 338 g/mol. The van der Waals surface area contributed by atoms with Crippen molar-refractivity contribution in [3.8, 4) is 0 Å². The normalized spacial score (nSPS) is 24.0. The molecule has 0 nitrogen and oxygen atoms in total. The van der Waals surface area contributed by atoms with Gasteiger partial charge in [-0.05, 0) is 47.1 Å². The fourth-order valence-electron chi connectivity index (χ4n) is 3.16. The first-order valence-corrected chi connectivity index (χ1v) is 8.13. The zero-order valence-corrected chi connectivity index (χ0v) is 12.7. The van der Waals surface area contributed by atoms with Gasteiger partial charge in [0.25, 0.3) is 0 Å². The maximum absolute atomic E-state index is 13.2. The van der Waals surface area contributed by atoms with E-state index in [0.29, 0.717) is 28.7 Å². The summed E-state index contributed by atoms with van der Waals surface area (Å²) in [7, 11) is 0. The van der Waals surface area contributed by atoms with Crippen LogP contribution < -0.4 is 0 Å². The Bertz CT molecular complexity index is 696. The van der Waals surface area contributed by atoms with Gasteiger partial charge in [0.15, 0.2) is 0 Å². The van der Waals surface area contributed by atoms with Crippen molar-refractivity contribution < 1.29 is 26.3 Å². The van der Waals surface area contributed by atoms with Crippen LogP contribution in [0.3, 0.4) is 0 Å². The molecule has 0 saturated carbocycles. The van der Waals surface area contributed by atoms with Gasteiger partial charge in [0.05, 0.1) is 11.5 Å². The van der Waals surface area contributed by atoms with Crippen LogP contribution in [-0.2, 0) is 12.6 Å². The minimum absolute atomic E-state index is 0.299. The number of thioether (sulfide) groups is 1. The quantitative estimate of drug-likeness (QED) is 0.603. The minimum Gasteiger partial charge on any atom is -0.170 e. The summed E-state index contributed by atoms with van der Waals surface area (Å²) in [6, 6.07) is 3.33. The Hall–Kier alpha value is -1.37. The van der Waals surface area contributed by atoms with E-state index >= 15 is 0 Å². The molecule has 2 aliphatic rings. The largest absolute Gasteiger partial charge is 0.416 e. The average molecular weight is 350 g/mol. The van der Waals surface area contributed by atoms with E-state index in [9.17, 15) is 26.3 Å². The fourth-order valence-corrected chi connectivity index (χ4v) is 4.21. The summed E-state index contributed by atoms with van der Waals surface area (Å²) in [6.07, 6.45) is -4.47. The highest BCUT2D eigenvalue weighted by molar-refractivity contribution is 7.99. The average Bonchev–Trinajstić information content (AvgIpc) is 2.81. The van der Waals surface area contributed by atoms with Crippen molar-refractivity contribution in [1.29, 1.82) is 0 Å². The molecule has 0 heterocycles. The van der Waals surface area contributed by atoms with Crippen molar-refractivity contribution >= 4 is 17.3 Å². The summed E-state index contributed by atoms with van der Waals surface area (Å²) >= 11 is 1.02. The molecule has 3 rings (SSSR count). The summed E-state index contributed by atoms with van der Waals surface area (Å²) in [5, 5.41) is -0.917. The van der Waals surface area contributed by atoms with Crippen molar-refractivity contribution in [3.05, 3.63) is 52.6 Å². The molecule has 0 fully saturated rings. The first-order valence-electron chi connectivity index (χ1n) is 6.84. The summed E-state index contributed by atoms with van der Waals surface area (Å²) in [5.74, 6) is -1.68. The van der Waals surface area contributed by atoms with E-state index in [1.165, 1.54) is 12.1 Å². The van der Waals surface area contributed by atoms with Crippen molar-refractivity contribution in [2.45, 2.75) is 24.0 Å². The highest BCUT2D eigenvalue weighted by atomic mass is 32.2. The topological polar surface area (TPSA) is 0 Å². The predicted octanol–water partition coefficient (Wildman–Crippen LogP) is 5.50. The van der Waals surface area contributed by atoms with Crippen molar-refractivity contribution in [1.82, 2.24) is 0 Å². The lowest BCUT2D eigenvalue weighted by Gasteiger charge is -2.30. The van der Waals surface area contributed by atoms with Gasteiger partial charge in [0.2, 0.25) is 0 Å². The SMILES string of the molecule is CSC1C2=C(C=CC1C(F)(F)F)Cc1ccc(C(F)(F)F)cc12. The number of halogens is 6. The Kier molecular flexibility index (Phi) is 3.82. The van der Waals surface area contributed by atoms with Gasteiger partial charge in [-0.2, -0.15) is 38.1 Å². The van der Waals surface area contributed by atoms with Crippen LogP contribution >= 0.6 is 11.8 Å². The number of hydrogen-bond donors (Lipinski definition) is 0. The lowest BCUT2D eigenvalue weighted by molar-refractivity contribution is -0.158. The van der Waals surface area contributed by atoms with E-state index in [4.69, 9.17) is 0 Å². The third kappa shape index (κ3) is 2.79. The Balaban J connectivity index is 2.10. The standard InChI is InChI=1S/C16H12F6S/c1-23-14-12(16(20,21)22)5-3-9-6-8-2-4-10(15(17,18)19)7-11(8)13(9)14/h2-5,7,12,14H,6H2,1H3. The van der Waals surface area contributed by atoms with Crippen LogP contribution in [-0.4, -0.2) is 17.7 Å². The second-order valence-electron chi connectivity index (χ2n) is 5.57. The first kappa shape index (κ1) is 16.5. The summed E-state index contributed by atoms with van der Waals surface area (Å²) in [4.78, 5) is 0. The number of benzene rings is 1. The smallest absolute Gasteiger partial charge is 0.170 e. The third-order valence-electron chi connectivity index (χ3n) is 4.20. The van der Waals surface area contributed by atoms with Crippen LogP contribution in [0.15, 0.2) is 35.9 Å². The van der Waals surface area contributed by atoms with Gasteiger partial charge in [-0.15, -0.1) is 0 Å². The number of fused-ring (bicyclic) bond motifs is 2. The van der Waals surface area contributed by atoms with Crippen molar-refractivity contribution in [2.24, 2.45) is 5.92 Å². The molecule has 2 unspecified atom stereocenters. The molecule has 0 bridgehead atoms. The molecule has 0 spiro atoms. The van der Waals surface area contributed by atoms with Crippen LogP contribution in [0.5, 0.6) is 0 Å². The van der Waals surface area contributed by atoms with Gasteiger partial charge in [-0.1, -0.05) is 18.2 Å². The van der Waals surface area contributed by atoms with Gasteiger partial charge < -0.3 is 0 Å². The molecule has 1 aromatic rings. The van der Waals surface area contributed by atoms with E-state index in [1.54, 1.807) is 6.26 Å². The Labute approximate surface area is 133 Å². The molecule has 23 heavy (non-hydrogen) atoms. The van der Waals surface area contributed by atoms with Crippen molar-refractivity contribution in [3.63, 3.8) is 0 Å². The lowest BCUT2D eigenvalue weighted by Crippen LogP contribution is -2.33. The van der Waals surface area contributed by atoms with Crippen LogP contribution in [0.4, 0.5) is 26.3 Å². The zero-order chi connectivity index (χ0) is 17.0. The fraction of sp³-hybridized carbons (Fsp3) is 0.375. The predicted molar refractivity (Wildman–Crippen MR) is 78.1 cm³/mol. The van der Waals surface area contributed by atoms with E-state index in [0.717, 1.165) is 30.0 Å².